The SMILES string of the molecule is O=C(CCC1NC(=O)N(Cc2cccc(F)c2)C1=O)NCCCN1CCOCC1. The van der Waals surface area contributed by atoms with Crippen molar-refractivity contribution in [2.45, 2.75) is 31.8 Å². The third kappa shape index (κ3) is 6.23. The molecule has 1 aromatic rings. The molecule has 4 amide bonds. The molecule has 2 N–H and O–H groups in total. The molecule has 1 aromatic carbocycles. The van der Waals surface area contributed by atoms with Crippen LogP contribution >= 0.6 is 0 Å². The second kappa shape index (κ2) is 10.3. The van der Waals surface area contributed by atoms with E-state index in [-0.39, 0.29) is 31.2 Å². The summed E-state index contributed by atoms with van der Waals surface area (Å²) >= 11 is 0. The van der Waals surface area contributed by atoms with Gasteiger partial charge in [-0.25, -0.2) is 9.18 Å². The smallest absolute Gasteiger partial charge is 0.325 e. The van der Waals surface area contributed by atoms with Gasteiger partial charge in [0.05, 0.1) is 19.8 Å². The molecule has 3 rings (SSSR count). The van der Waals surface area contributed by atoms with Gasteiger partial charge in [0.15, 0.2) is 0 Å². The van der Waals surface area contributed by atoms with Crippen molar-refractivity contribution < 1.29 is 23.5 Å². The normalized spacial score (nSPS) is 20.0. The number of nitrogens with zero attached hydrogens (tertiary/aromatic N) is 2. The predicted molar refractivity (Wildman–Crippen MR) is 103 cm³/mol. The van der Waals surface area contributed by atoms with E-state index in [1.54, 1.807) is 6.07 Å². The molecule has 1 unspecified atom stereocenters. The van der Waals surface area contributed by atoms with Gasteiger partial charge in [-0.2, -0.15) is 0 Å². The minimum atomic E-state index is -0.727. The number of ether oxygens (including phenoxy) is 1. The van der Waals surface area contributed by atoms with Crippen LogP contribution < -0.4 is 10.6 Å². The lowest BCUT2D eigenvalue weighted by molar-refractivity contribution is -0.128. The summed E-state index contributed by atoms with van der Waals surface area (Å²) in [6, 6.07) is 4.53. The van der Waals surface area contributed by atoms with Crippen LogP contribution in [-0.2, 0) is 20.9 Å². The highest BCUT2D eigenvalue weighted by molar-refractivity contribution is 6.04. The second-order valence-electron chi connectivity index (χ2n) is 7.25. The molecule has 8 nitrogen and oxygen atoms in total. The van der Waals surface area contributed by atoms with Gasteiger partial charge in [-0.15, -0.1) is 0 Å². The molecule has 158 valence electrons. The van der Waals surface area contributed by atoms with Crippen molar-refractivity contribution in [1.82, 2.24) is 20.4 Å². The van der Waals surface area contributed by atoms with E-state index in [9.17, 15) is 18.8 Å². The van der Waals surface area contributed by atoms with Gasteiger partial charge in [0.2, 0.25) is 5.91 Å². The number of imide groups is 1. The summed E-state index contributed by atoms with van der Waals surface area (Å²) in [6.45, 7) is 4.84. The lowest BCUT2D eigenvalue weighted by Crippen LogP contribution is -2.38. The second-order valence-corrected chi connectivity index (χ2v) is 7.25. The molecule has 1 atom stereocenters. The number of urea groups is 1. The van der Waals surface area contributed by atoms with Crippen LogP contribution in [0.4, 0.5) is 9.18 Å². The summed E-state index contributed by atoms with van der Waals surface area (Å²) < 4.78 is 18.6. The van der Waals surface area contributed by atoms with Gasteiger partial charge in [0.1, 0.15) is 11.9 Å². The maximum atomic E-state index is 13.3. The van der Waals surface area contributed by atoms with Crippen molar-refractivity contribution >= 4 is 17.8 Å². The van der Waals surface area contributed by atoms with Crippen molar-refractivity contribution in [2.24, 2.45) is 0 Å². The van der Waals surface area contributed by atoms with Crippen LogP contribution in [0.15, 0.2) is 24.3 Å². The lowest BCUT2D eigenvalue weighted by Gasteiger charge is -2.26. The van der Waals surface area contributed by atoms with Crippen LogP contribution in [0.1, 0.15) is 24.8 Å². The van der Waals surface area contributed by atoms with Crippen molar-refractivity contribution in [3.8, 4) is 0 Å². The van der Waals surface area contributed by atoms with Crippen LogP contribution in [0.2, 0.25) is 0 Å². The zero-order chi connectivity index (χ0) is 20.6. The van der Waals surface area contributed by atoms with Crippen molar-refractivity contribution in [3.63, 3.8) is 0 Å². The number of carbonyl (C=O) groups excluding carboxylic acids is 3. The Hall–Kier alpha value is -2.52. The van der Waals surface area contributed by atoms with Crippen LogP contribution in [0, 0.1) is 5.82 Å². The van der Waals surface area contributed by atoms with E-state index < -0.39 is 17.9 Å². The fraction of sp³-hybridized carbons (Fsp3) is 0.550. The Labute approximate surface area is 169 Å². The third-order valence-corrected chi connectivity index (χ3v) is 5.07. The topological polar surface area (TPSA) is 91.0 Å². The van der Waals surface area contributed by atoms with E-state index in [1.807, 2.05) is 0 Å². The molecule has 2 aliphatic heterocycles. The summed E-state index contributed by atoms with van der Waals surface area (Å²) in [6.07, 6.45) is 1.24. The van der Waals surface area contributed by atoms with E-state index in [2.05, 4.69) is 15.5 Å². The minimum Gasteiger partial charge on any atom is -0.379 e. The van der Waals surface area contributed by atoms with Crippen LogP contribution in [-0.4, -0.2) is 73.1 Å². The van der Waals surface area contributed by atoms with E-state index in [0.29, 0.717) is 12.1 Å². The first-order valence-electron chi connectivity index (χ1n) is 9.96. The first kappa shape index (κ1) is 21.2. The van der Waals surface area contributed by atoms with Crippen LogP contribution in [0.5, 0.6) is 0 Å². The summed E-state index contributed by atoms with van der Waals surface area (Å²) in [4.78, 5) is 39.9. The first-order chi connectivity index (χ1) is 14.0. The van der Waals surface area contributed by atoms with Gasteiger partial charge in [0, 0.05) is 26.1 Å². The zero-order valence-electron chi connectivity index (χ0n) is 16.4. The number of hydrogen-bond acceptors (Lipinski definition) is 5. The fourth-order valence-corrected chi connectivity index (χ4v) is 3.46. The molecule has 0 bridgehead atoms. The Morgan fingerprint density at radius 3 is 2.83 bits per heavy atom. The van der Waals surface area contributed by atoms with E-state index in [0.717, 1.165) is 44.2 Å². The maximum absolute atomic E-state index is 13.3. The molecule has 0 spiro atoms. The van der Waals surface area contributed by atoms with Gasteiger partial charge in [-0.1, -0.05) is 12.1 Å². The molecule has 2 heterocycles. The van der Waals surface area contributed by atoms with Gasteiger partial charge in [-0.3, -0.25) is 19.4 Å². The van der Waals surface area contributed by atoms with Gasteiger partial charge < -0.3 is 15.4 Å². The first-order valence-corrected chi connectivity index (χ1v) is 9.96. The summed E-state index contributed by atoms with van der Waals surface area (Å²) in [5.41, 5.74) is 0.534. The molecule has 0 aromatic heterocycles. The highest BCUT2D eigenvalue weighted by Crippen LogP contribution is 2.15. The van der Waals surface area contributed by atoms with Crippen molar-refractivity contribution in [2.75, 3.05) is 39.4 Å². The Bertz CT molecular complexity index is 739. The molecular formula is C20H27FN4O4. The number of morpholine rings is 1. The quantitative estimate of drug-likeness (QED) is 0.469. The fourth-order valence-electron chi connectivity index (χ4n) is 3.46. The zero-order valence-corrected chi connectivity index (χ0v) is 16.4. The lowest BCUT2D eigenvalue weighted by atomic mass is 10.1. The molecule has 2 aliphatic rings. The largest absolute Gasteiger partial charge is 0.379 e. The Morgan fingerprint density at radius 1 is 1.28 bits per heavy atom. The molecule has 0 radical (unpaired) electrons. The predicted octanol–water partition coefficient (Wildman–Crippen LogP) is 0.865. The molecule has 0 aliphatic carbocycles. The average Bonchev–Trinajstić information content (AvgIpc) is 2.98. The van der Waals surface area contributed by atoms with E-state index in [1.165, 1.54) is 18.2 Å². The highest BCUT2D eigenvalue weighted by atomic mass is 19.1. The summed E-state index contributed by atoms with van der Waals surface area (Å²) in [5.74, 6) is -0.951. The Morgan fingerprint density at radius 2 is 2.07 bits per heavy atom. The number of nitrogens with one attached hydrogen (secondary N) is 2. The maximum Gasteiger partial charge on any atom is 0.325 e. The third-order valence-electron chi connectivity index (χ3n) is 5.07. The minimum absolute atomic E-state index is 0.00661. The molecule has 9 heteroatoms. The van der Waals surface area contributed by atoms with Gasteiger partial charge in [-0.05, 0) is 37.1 Å². The number of benzene rings is 1. The number of hydrogen-bond donors (Lipinski definition) is 2. The van der Waals surface area contributed by atoms with Crippen LogP contribution in [0.25, 0.3) is 0 Å². The summed E-state index contributed by atoms with van der Waals surface area (Å²) in [7, 11) is 0. The number of rotatable bonds is 9. The number of amides is 4. The molecule has 2 saturated heterocycles. The molecular weight excluding hydrogens is 379 g/mol. The monoisotopic (exact) mass is 406 g/mol. The average molecular weight is 406 g/mol. The van der Waals surface area contributed by atoms with Gasteiger partial charge in [0.25, 0.3) is 5.91 Å². The molecule has 0 saturated carbocycles. The number of carbonyl (C=O) groups is 3. The van der Waals surface area contributed by atoms with Crippen LogP contribution in [0.3, 0.4) is 0 Å². The van der Waals surface area contributed by atoms with E-state index >= 15 is 0 Å². The molecule has 2 fully saturated rings. The standard InChI is InChI=1S/C20H27FN4O4/c21-16-4-1-3-15(13-16)14-25-19(27)17(23-20(25)28)5-6-18(26)22-7-2-8-24-9-11-29-12-10-24/h1,3-4,13,17H,2,5-12,14H2,(H,22,26)(H,23,28). The van der Waals surface area contributed by atoms with Crippen molar-refractivity contribution in [3.05, 3.63) is 35.6 Å². The number of halogens is 1. The highest BCUT2D eigenvalue weighted by Gasteiger charge is 2.37. The Balaban J connectivity index is 1.36. The summed E-state index contributed by atoms with van der Waals surface area (Å²) in [5, 5.41) is 5.45. The van der Waals surface area contributed by atoms with E-state index in [4.69, 9.17) is 4.74 Å². The Kier molecular flexibility index (Phi) is 7.54. The molecule has 29 heavy (non-hydrogen) atoms. The van der Waals surface area contributed by atoms with Gasteiger partial charge >= 0.3 is 6.03 Å². The van der Waals surface area contributed by atoms with Crippen molar-refractivity contribution in [1.29, 1.82) is 0 Å².